The summed E-state index contributed by atoms with van der Waals surface area (Å²) in [6, 6.07) is 0. The van der Waals surface area contributed by atoms with Crippen LogP contribution >= 0.6 is 0 Å². The first-order valence-corrected chi connectivity index (χ1v) is 10.4. The van der Waals surface area contributed by atoms with E-state index in [9.17, 15) is 4.79 Å². The normalized spacial score (nSPS) is 43.3. The lowest BCUT2D eigenvalue weighted by Gasteiger charge is -2.43. The molecule has 0 bridgehead atoms. The molecule has 0 radical (unpaired) electrons. The van der Waals surface area contributed by atoms with Gasteiger partial charge in [-0.25, -0.2) is 0 Å². The quantitative estimate of drug-likeness (QED) is 0.535. The van der Waals surface area contributed by atoms with E-state index in [4.69, 9.17) is 0 Å². The van der Waals surface area contributed by atoms with Gasteiger partial charge >= 0.3 is 0 Å². The van der Waals surface area contributed by atoms with Crippen LogP contribution in [0.5, 0.6) is 0 Å². The Kier molecular flexibility index (Phi) is 5.42. The van der Waals surface area contributed by atoms with Crippen LogP contribution < -0.4 is 0 Å². The molecule has 138 valence electrons. The molecule has 0 amide bonds. The molecule has 3 rings (SSSR count). The summed E-state index contributed by atoms with van der Waals surface area (Å²) < 4.78 is 0. The molecular formula is C24H36O. The van der Waals surface area contributed by atoms with E-state index >= 15 is 0 Å². The average molecular weight is 341 g/mol. The summed E-state index contributed by atoms with van der Waals surface area (Å²) >= 11 is 0. The molecule has 0 aromatic rings. The molecule has 3 fully saturated rings. The van der Waals surface area contributed by atoms with Crippen molar-refractivity contribution in [3.8, 4) is 0 Å². The van der Waals surface area contributed by atoms with Crippen LogP contribution in [0.2, 0.25) is 0 Å². The lowest BCUT2D eigenvalue weighted by Crippen LogP contribution is -2.36. The summed E-state index contributed by atoms with van der Waals surface area (Å²) in [7, 11) is 0. The maximum atomic E-state index is 11.4. The molecule has 0 aromatic heterocycles. The summed E-state index contributed by atoms with van der Waals surface area (Å²) in [5.74, 6) is 2.83. The summed E-state index contributed by atoms with van der Waals surface area (Å²) in [5.41, 5.74) is 4.79. The lowest BCUT2D eigenvalue weighted by molar-refractivity contribution is -0.113. The molecular weight excluding hydrogens is 304 g/mol. The van der Waals surface area contributed by atoms with Gasteiger partial charge in [0, 0.05) is 5.92 Å². The van der Waals surface area contributed by atoms with Crippen LogP contribution in [0.25, 0.3) is 0 Å². The van der Waals surface area contributed by atoms with E-state index in [-0.39, 0.29) is 5.92 Å². The Labute approximate surface area is 154 Å². The Bertz CT molecular complexity index is 595. The molecule has 0 unspecified atom stereocenters. The molecule has 3 aliphatic carbocycles. The second-order valence-corrected chi connectivity index (χ2v) is 9.50. The Balaban J connectivity index is 1.83. The van der Waals surface area contributed by atoms with Crippen molar-refractivity contribution < 1.29 is 4.79 Å². The molecule has 6 atom stereocenters. The van der Waals surface area contributed by atoms with Crippen molar-refractivity contribution in [2.45, 2.75) is 72.6 Å². The van der Waals surface area contributed by atoms with E-state index in [1.54, 1.807) is 5.57 Å². The predicted molar refractivity (Wildman–Crippen MR) is 106 cm³/mol. The molecule has 0 aliphatic heterocycles. The Morgan fingerprint density at radius 3 is 2.72 bits per heavy atom. The number of hydrogen-bond donors (Lipinski definition) is 0. The largest absolute Gasteiger partial charge is 0.303 e. The van der Waals surface area contributed by atoms with Crippen molar-refractivity contribution in [3.05, 3.63) is 35.5 Å². The highest BCUT2D eigenvalue weighted by molar-refractivity contribution is 5.54. The molecule has 0 spiro atoms. The van der Waals surface area contributed by atoms with Gasteiger partial charge in [-0.15, -0.1) is 0 Å². The van der Waals surface area contributed by atoms with Gasteiger partial charge in [-0.05, 0) is 85.2 Å². The highest BCUT2D eigenvalue weighted by Gasteiger charge is 2.50. The highest BCUT2D eigenvalue weighted by atomic mass is 16.1. The smallest absolute Gasteiger partial charge is 0.123 e. The van der Waals surface area contributed by atoms with E-state index in [0.717, 1.165) is 5.92 Å². The zero-order valence-corrected chi connectivity index (χ0v) is 16.7. The Morgan fingerprint density at radius 1 is 1.24 bits per heavy atom. The summed E-state index contributed by atoms with van der Waals surface area (Å²) in [6.07, 6.45) is 14.8. The molecule has 0 N–H and O–H groups in total. The topological polar surface area (TPSA) is 17.1 Å². The fraction of sp³-hybridized carbons (Fsp3) is 0.708. The van der Waals surface area contributed by atoms with E-state index in [1.165, 1.54) is 62.4 Å². The summed E-state index contributed by atoms with van der Waals surface area (Å²) in [4.78, 5) is 11.4. The third kappa shape index (κ3) is 3.44. The first kappa shape index (κ1) is 18.7. The van der Waals surface area contributed by atoms with Crippen molar-refractivity contribution >= 4 is 6.29 Å². The first-order chi connectivity index (χ1) is 11.9. The summed E-state index contributed by atoms with van der Waals surface area (Å²) in [6.45, 7) is 13.6. The van der Waals surface area contributed by atoms with Crippen molar-refractivity contribution in [2.75, 3.05) is 0 Å². The monoisotopic (exact) mass is 340 g/mol. The van der Waals surface area contributed by atoms with Crippen LogP contribution in [-0.2, 0) is 4.79 Å². The molecule has 1 heteroatoms. The number of carbonyl (C=O) groups is 1. The lowest BCUT2D eigenvalue weighted by atomic mass is 9.61. The second-order valence-electron chi connectivity index (χ2n) is 9.50. The Morgan fingerprint density at radius 2 is 2.00 bits per heavy atom. The van der Waals surface area contributed by atoms with Gasteiger partial charge in [0.25, 0.3) is 0 Å². The van der Waals surface area contributed by atoms with Crippen LogP contribution in [0.3, 0.4) is 0 Å². The van der Waals surface area contributed by atoms with Gasteiger partial charge < -0.3 is 4.79 Å². The van der Waals surface area contributed by atoms with Gasteiger partial charge in [0.2, 0.25) is 0 Å². The van der Waals surface area contributed by atoms with E-state index in [1.807, 2.05) is 0 Å². The first-order valence-electron chi connectivity index (χ1n) is 10.4. The van der Waals surface area contributed by atoms with Gasteiger partial charge in [-0.2, -0.15) is 0 Å². The van der Waals surface area contributed by atoms with Crippen LogP contribution in [-0.4, -0.2) is 6.29 Å². The zero-order valence-electron chi connectivity index (χ0n) is 16.7. The number of fused-ring (bicyclic) bond motifs is 1. The average Bonchev–Trinajstić information content (AvgIpc) is 2.93. The number of rotatable bonds is 3. The van der Waals surface area contributed by atoms with E-state index in [2.05, 4.69) is 46.4 Å². The minimum absolute atomic E-state index is 0.201. The van der Waals surface area contributed by atoms with Crippen molar-refractivity contribution in [1.82, 2.24) is 0 Å². The number of aldehydes is 1. The van der Waals surface area contributed by atoms with Crippen molar-refractivity contribution in [3.63, 3.8) is 0 Å². The van der Waals surface area contributed by atoms with E-state index in [0.29, 0.717) is 23.2 Å². The molecule has 3 saturated carbocycles. The molecule has 0 saturated heterocycles. The van der Waals surface area contributed by atoms with E-state index < -0.39 is 0 Å². The SMILES string of the molecule is C=C1/C(=C\C=C2/CCC[C@]3(C)[C@@H]([C@H](C)C=O)CC[C@@H]23)C[C@@H](C)C[C@@H]1C. The van der Waals surface area contributed by atoms with Crippen LogP contribution in [0.4, 0.5) is 0 Å². The van der Waals surface area contributed by atoms with Crippen LogP contribution in [0.1, 0.15) is 72.6 Å². The third-order valence-electron chi connectivity index (χ3n) is 7.72. The maximum absolute atomic E-state index is 11.4. The van der Waals surface area contributed by atoms with Gasteiger partial charge in [-0.1, -0.05) is 52.0 Å². The van der Waals surface area contributed by atoms with Gasteiger partial charge in [0.05, 0.1) is 0 Å². The third-order valence-corrected chi connectivity index (χ3v) is 7.72. The van der Waals surface area contributed by atoms with Gasteiger partial charge in [-0.3, -0.25) is 0 Å². The number of hydrogen-bond acceptors (Lipinski definition) is 1. The zero-order chi connectivity index (χ0) is 18.2. The van der Waals surface area contributed by atoms with Gasteiger partial charge in [0.15, 0.2) is 0 Å². The minimum atomic E-state index is 0.201. The predicted octanol–water partition coefficient (Wildman–Crippen LogP) is 6.51. The number of allylic oxidation sites excluding steroid dienone is 5. The standard InChI is InChI=1S/C24H36O/c1-16-13-17(2)19(4)21(14-16)9-8-20-7-6-12-24(5)22(18(3)15-25)10-11-23(20)24/h8-9,15-18,22-23H,4,6-7,10-14H2,1-3,5H3/b20-8+,21-9-/t16-,17-,18+,22+,23-,24+/m0/s1. The molecule has 3 aliphatic rings. The number of carbonyl (C=O) groups excluding carboxylic acids is 1. The van der Waals surface area contributed by atoms with Crippen molar-refractivity contribution in [1.29, 1.82) is 0 Å². The molecule has 0 heterocycles. The minimum Gasteiger partial charge on any atom is -0.303 e. The molecule has 1 nitrogen and oxygen atoms in total. The van der Waals surface area contributed by atoms with Gasteiger partial charge in [0.1, 0.15) is 6.29 Å². The van der Waals surface area contributed by atoms with Crippen LogP contribution in [0, 0.1) is 35.0 Å². The molecule has 0 aromatic carbocycles. The van der Waals surface area contributed by atoms with Crippen LogP contribution in [0.15, 0.2) is 35.5 Å². The summed E-state index contributed by atoms with van der Waals surface area (Å²) in [5, 5.41) is 0. The second kappa shape index (κ2) is 7.25. The highest BCUT2D eigenvalue weighted by Crippen LogP contribution is 2.59. The fourth-order valence-corrected chi connectivity index (χ4v) is 6.27. The molecule has 25 heavy (non-hydrogen) atoms. The maximum Gasteiger partial charge on any atom is 0.123 e. The Hall–Kier alpha value is -1.11. The fourth-order valence-electron chi connectivity index (χ4n) is 6.27. The van der Waals surface area contributed by atoms with Crippen molar-refractivity contribution in [2.24, 2.45) is 35.0 Å².